The molecule has 0 saturated heterocycles. The molecule has 2 N–H and O–H groups in total. The number of nitrogens with one attached hydrogen (secondary N) is 2. The van der Waals surface area contributed by atoms with Crippen molar-refractivity contribution in [1.29, 1.82) is 0 Å². The molecule has 0 aliphatic carbocycles. The number of aromatic nitrogens is 2. The van der Waals surface area contributed by atoms with Gasteiger partial charge in [0, 0.05) is 16.9 Å². The van der Waals surface area contributed by atoms with Crippen LogP contribution in [0.15, 0.2) is 79.1 Å². The number of nitrogens with zero attached hydrogens (tertiary/aromatic N) is 2. The molecule has 1 aromatic heterocycles. The first-order valence-electron chi connectivity index (χ1n) is 9.97. The van der Waals surface area contributed by atoms with Gasteiger partial charge in [0.15, 0.2) is 0 Å². The number of imidazole rings is 1. The zero-order valence-corrected chi connectivity index (χ0v) is 17.0. The summed E-state index contributed by atoms with van der Waals surface area (Å²) in [5.74, 6) is 0.0737. The fraction of sp³-hybridized carbons (Fsp3) is 0.125. The number of amides is 2. The molecule has 7 heteroatoms. The molecule has 7 nitrogen and oxygen atoms in total. The lowest BCUT2D eigenvalue weighted by molar-refractivity contribution is -0.115. The minimum Gasteiger partial charge on any atom is -0.494 e. The quantitative estimate of drug-likeness (QED) is 0.482. The van der Waals surface area contributed by atoms with Crippen LogP contribution in [-0.2, 0) is 4.79 Å². The first kappa shape index (κ1) is 20.2. The van der Waals surface area contributed by atoms with Gasteiger partial charge in [-0.2, -0.15) is 0 Å². The number of hydrogen-bond acceptors (Lipinski definition) is 4. The van der Waals surface area contributed by atoms with Crippen molar-refractivity contribution in [2.24, 2.45) is 0 Å². The van der Waals surface area contributed by atoms with E-state index in [0.29, 0.717) is 23.6 Å². The summed E-state index contributed by atoms with van der Waals surface area (Å²) in [7, 11) is 0. The van der Waals surface area contributed by atoms with Gasteiger partial charge in [0.2, 0.25) is 5.91 Å². The molecular weight excluding hydrogens is 392 g/mol. The van der Waals surface area contributed by atoms with Crippen molar-refractivity contribution >= 4 is 28.5 Å². The monoisotopic (exact) mass is 414 g/mol. The van der Waals surface area contributed by atoms with E-state index in [2.05, 4.69) is 15.6 Å². The molecule has 156 valence electrons. The third-order valence-corrected chi connectivity index (χ3v) is 4.72. The summed E-state index contributed by atoms with van der Waals surface area (Å²) in [6.45, 7) is 2.33. The Morgan fingerprint density at radius 1 is 0.968 bits per heavy atom. The fourth-order valence-corrected chi connectivity index (χ4v) is 3.21. The number of anilines is 1. The van der Waals surface area contributed by atoms with E-state index in [4.69, 9.17) is 4.74 Å². The third-order valence-electron chi connectivity index (χ3n) is 4.72. The summed E-state index contributed by atoms with van der Waals surface area (Å²) in [6, 6.07) is 22.1. The molecule has 0 bridgehead atoms. The molecule has 0 fully saturated rings. The van der Waals surface area contributed by atoms with Gasteiger partial charge in [0.1, 0.15) is 12.1 Å². The van der Waals surface area contributed by atoms with Crippen LogP contribution in [0.5, 0.6) is 5.75 Å². The second-order valence-electron chi connectivity index (χ2n) is 6.84. The van der Waals surface area contributed by atoms with Gasteiger partial charge in [0.05, 0.1) is 24.2 Å². The van der Waals surface area contributed by atoms with E-state index >= 15 is 0 Å². The van der Waals surface area contributed by atoms with E-state index < -0.39 is 0 Å². The van der Waals surface area contributed by atoms with Crippen LogP contribution >= 0.6 is 0 Å². The molecule has 0 aliphatic rings. The average molecular weight is 414 g/mol. The Balaban J connectivity index is 1.33. The molecular formula is C24H22N4O3. The van der Waals surface area contributed by atoms with Crippen molar-refractivity contribution in [2.75, 3.05) is 18.5 Å². The molecule has 4 aromatic rings. The van der Waals surface area contributed by atoms with Crippen molar-refractivity contribution in [3.05, 3.63) is 84.7 Å². The number of hydrogen-bond donors (Lipinski definition) is 2. The molecule has 1 heterocycles. The number of rotatable bonds is 7. The van der Waals surface area contributed by atoms with Crippen molar-refractivity contribution in [3.63, 3.8) is 0 Å². The molecule has 0 atom stereocenters. The molecule has 31 heavy (non-hydrogen) atoms. The maximum Gasteiger partial charge on any atom is 0.251 e. The predicted molar refractivity (Wildman–Crippen MR) is 120 cm³/mol. The maximum absolute atomic E-state index is 12.2. The first-order chi connectivity index (χ1) is 15.1. The van der Waals surface area contributed by atoms with Gasteiger partial charge >= 0.3 is 0 Å². The highest BCUT2D eigenvalue weighted by atomic mass is 16.5. The first-order valence-corrected chi connectivity index (χ1v) is 9.97. The van der Waals surface area contributed by atoms with Crippen molar-refractivity contribution in [3.8, 4) is 11.4 Å². The Morgan fingerprint density at radius 2 is 1.71 bits per heavy atom. The van der Waals surface area contributed by atoms with E-state index in [1.165, 1.54) is 0 Å². The number of carbonyl (C=O) groups is 2. The summed E-state index contributed by atoms with van der Waals surface area (Å²) in [5, 5.41) is 5.41. The second-order valence-corrected chi connectivity index (χ2v) is 6.84. The Labute approximate surface area is 179 Å². The summed E-state index contributed by atoms with van der Waals surface area (Å²) in [4.78, 5) is 28.8. The molecule has 3 aromatic carbocycles. The summed E-state index contributed by atoms with van der Waals surface area (Å²) in [6.07, 6.45) is 1.77. The second kappa shape index (κ2) is 9.13. The predicted octanol–water partition coefficient (Wildman–Crippen LogP) is 3.79. The van der Waals surface area contributed by atoms with Crippen LogP contribution in [-0.4, -0.2) is 34.5 Å². The van der Waals surface area contributed by atoms with Gasteiger partial charge in [0.25, 0.3) is 5.91 Å². The Kier molecular flexibility index (Phi) is 5.93. The van der Waals surface area contributed by atoms with Crippen molar-refractivity contribution in [2.45, 2.75) is 6.92 Å². The number of para-hydroxylation sites is 2. The average Bonchev–Trinajstić information content (AvgIpc) is 3.23. The van der Waals surface area contributed by atoms with Gasteiger partial charge in [-0.1, -0.05) is 12.1 Å². The van der Waals surface area contributed by atoms with Crippen LogP contribution in [0.3, 0.4) is 0 Å². The Morgan fingerprint density at radius 3 is 2.45 bits per heavy atom. The van der Waals surface area contributed by atoms with E-state index in [-0.39, 0.29) is 18.4 Å². The summed E-state index contributed by atoms with van der Waals surface area (Å²) >= 11 is 0. The highest BCUT2D eigenvalue weighted by molar-refractivity contribution is 5.99. The summed E-state index contributed by atoms with van der Waals surface area (Å²) in [5.41, 5.74) is 3.98. The van der Waals surface area contributed by atoms with Crippen LogP contribution in [0, 0.1) is 0 Å². The zero-order valence-electron chi connectivity index (χ0n) is 17.0. The molecule has 0 unspecified atom stereocenters. The molecule has 2 amide bonds. The van der Waals surface area contributed by atoms with Crippen LogP contribution in [0.2, 0.25) is 0 Å². The minimum atomic E-state index is -0.319. The van der Waals surface area contributed by atoms with Crippen LogP contribution in [0.1, 0.15) is 17.3 Å². The molecule has 0 radical (unpaired) electrons. The highest BCUT2D eigenvalue weighted by Crippen LogP contribution is 2.19. The lowest BCUT2D eigenvalue weighted by atomic mass is 10.2. The van der Waals surface area contributed by atoms with Crippen molar-refractivity contribution in [1.82, 2.24) is 14.9 Å². The number of carbonyl (C=O) groups excluding carboxylic acids is 2. The summed E-state index contributed by atoms with van der Waals surface area (Å²) < 4.78 is 7.34. The molecule has 0 saturated carbocycles. The van der Waals surface area contributed by atoms with Gasteiger partial charge in [-0.3, -0.25) is 14.2 Å². The standard InChI is InChI=1S/C24H22N4O3/c1-2-31-20-13-7-17(8-14-20)24(30)25-15-23(29)27-18-9-11-19(12-10-18)28-16-26-21-5-3-4-6-22(21)28/h3-14,16H,2,15H2,1H3,(H,25,30)(H,27,29). The lowest BCUT2D eigenvalue weighted by Gasteiger charge is -2.09. The van der Waals surface area contributed by atoms with Crippen LogP contribution in [0.4, 0.5) is 5.69 Å². The molecule has 4 rings (SSSR count). The van der Waals surface area contributed by atoms with E-state index in [1.54, 1.807) is 30.6 Å². The Hall–Kier alpha value is -4.13. The Bertz CT molecular complexity index is 1200. The number of benzene rings is 3. The van der Waals surface area contributed by atoms with Gasteiger partial charge in [-0.05, 0) is 67.6 Å². The highest BCUT2D eigenvalue weighted by Gasteiger charge is 2.09. The van der Waals surface area contributed by atoms with Gasteiger partial charge in [-0.15, -0.1) is 0 Å². The van der Waals surface area contributed by atoms with E-state index in [0.717, 1.165) is 16.7 Å². The lowest BCUT2D eigenvalue weighted by Crippen LogP contribution is -2.32. The van der Waals surface area contributed by atoms with E-state index in [1.807, 2.05) is 60.0 Å². The zero-order chi connectivity index (χ0) is 21.6. The SMILES string of the molecule is CCOc1ccc(C(=O)NCC(=O)Nc2ccc(-n3cnc4ccccc43)cc2)cc1. The van der Waals surface area contributed by atoms with Crippen molar-refractivity contribution < 1.29 is 14.3 Å². The van der Waals surface area contributed by atoms with Crippen LogP contribution in [0.25, 0.3) is 16.7 Å². The fourth-order valence-electron chi connectivity index (χ4n) is 3.21. The minimum absolute atomic E-state index is 0.125. The van der Waals surface area contributed by atoms with Crippen LogP contribution < -0.4 is 15.4 Å². The normalized spacial score (nSPS) is 10.6. The van der Waals surface area contributed by atoms with Gasteiger partial charge in [-0.25, -0.2) is 4.98 Å². The number of ether oxygens (including phenoxy) is 1. The number of fused-ring (bicyclic) bond motifs is 1. The largest absolute Gasteiger partial charge is 0.494 e. The topological polar surface area (TPSA) is 85.2 Å². The molecule has 0 spiro atoms. The third kappa shape index (κ3) is 4.72. The molecule has 0 aliphatic heterocycles. The van der Waals surface area contributed by atoms with Gasteiger partial charge < -0.3 is 15.4 Å². The van der Waals surface area contributed by atoms with E-state index in [9.17, 15) is 9.59 Å². The smallest absolute Gasteiger partial charge is 0.251 e. The maximum atomic E-state index is 12.2.